The Balaban J connectivity index is 1.67. The smallest absolute Gasteiger partial charge is 0.326 e. The summed E-state index contributed by atoms with van der Waals surface area (Å²) in [5.41, 5.74) is 3.63. The van der Waals surface area contributed by atoms with Crippen LogP contribution < -0.4 is 5.32 Å². The molecule has 0 fully saturated rings. The maximum Gasteiger partial charge on any atom is 0.326 e. The van der Waals surface area contributed by atoms with Crippen molar-refractivity contribution in [3.63, 3.8) is 0 Å². The minimum atomic E-state index is -1.16. The second-order valence-electron chi connectivity index (χ2n) is 9.61. The summed E-state index contributed by atoms with van der Waals surface area (Å²) in [4.78, 5) is 38.6. The number of carbonyl (C=O) groups excluding carboxylic acids is 1. The maximum absolute atomic E-state index is 13.2. The van der Waals surface area contributed by atoms with Gasteiger partial charge in [-0.25, -0.2) is 9.59 Å². The van der Waals surface area contributed by atoms with Crippen molar-refractivity contribution in [2.75, 3.05) is 13.1 Å². The zero-order valence-electron chi connectivity index (χ0n) is 21.2. The van der Waals surface area contributed by atoms with Crippen molar-refractivity contribution in [3.8, 4) is 11.1 Å². The number of hydrogen-bond acceptors (Lipinski definition) is 4. The van der Waals surface area contributed by atoms with E-state index in [4.69, 9.17) is 4.42 Å². The minimum Gasteiger partial charge on any atom is -0.481 e. The highest BCUT2D eigenvalue weighted by atomic mass is 16.4. The lowest BCUT2D eigenvalue weighted by Crippen LogP contribution is -2.51. The normalized spacial score (nSPS) is 12.6. The summed E-state index contributed by atoms with van der Waals surface area (Å²) in [5, 5.41) is 22.2. The second kappa shape index (κ2) is 13.3. The molecule has 1 unspecified atom stereocenters. The first-order valence-corrected chi connectivity index (χ1v) is 12.4. The van der Waals surface area contributed by atoms with E-state index in [1.54, 1.807) is 12.5 Å². The molecule has 0 aliphatic carbocycles. The number of rotatable bonds is 13. The first-order valence-electron chi connectivity index (χ1n) is 12.4. The molecule has 3 N–H and O–H groups in total. The molecule has 8 nitrogen and oxygen atoms in total. The zero-order valence-corrected chi connectivity index (χ0v) is 21.2. The van der Waals surface area contributed by atoms with E-state index in [1.807, 2.05) is 74.5 Å². The molecule has 37 heavy (non-hydrogen) atoms. The largest absolute Gasteiger partial charge is 0.481 e. The fourth-order valence-electron chi connectivity index (χ4n) is 4.16. The van der Waals surface area contributed by atoms with E-state index in [1.165, 1.54) is 4.90 Å². The molecule has 0 bridgehead atoms. The fourth-order valence-corrected chi connectivity index (χ4v) is 4.16. The number of nitrogens with one attached hydrogen (secondary N) is 1. The van der Waals surface area contributed by atoms with Crippen molar-refractivity contribution in [1.82, 2.24) is 10.2 Å². The molecule has 196 valence electrons. The van der Waals surface area contributed by atoms with Crippen LogP contribution in [0, 0.1) is 11.8 Å². The molecule has 0 aliphatic rings. The predicted molar refractivity (Wildman–Crippen MR) is 140 cm³/mol. The summed E-state index contributed by atoms with van der Waals surface area (Å²) in [6.07, 6.45) is 4.24. The van der Waals surface area contributed by atoms with Gasteiger partial charge in [-0.05, 0) is 41.5 Å². The van der Waals surface area contributed by atoms with Crippen LogP contribution in [0.15, 0.2) is 77.6 Å². The average Bonchev–Trinajstić information content (AvgIpc) is 3.41. The van der Waals surface area contributed by atoms with Gasteiger partial charge < -0.3 is 24.8 Å². The Kier molecular flexibility index (Phi) is 9.89. The lowest BCUT2D eigenvalue weighted by molar-refractivity contribution is -0.142. The van der Waals surface area contributed by atoms with Crippen molar-refractivity contribution in [2.45, 2.75) is 39.2 Å². The van der Waals surface area contributed by atoms with Crippen molar-refractivity contribution < 1.29 is 29.0 Å². The molecule has 0 radical (unpaired) electrons. The highest BCUT2D eigenvalue weighted by Gasteiger charge is 2.28. The van der Waals surface area contributed by atoms with Crippen molar-refractivity contribution in [2.24, 2.45) is 11.8 Å². The van der Waals surface area contributed by atoms with Gasteiger partial charge in [0, 0.05) is 25.1 Å². The van der Waals surface area contributed by atoms with E-state index in [0.29, 0.717) is 19.4 Å². The maximum atomic E-state index is 13.2. The number of urea groups is 1. The van der Waals surface area contributed by atoms with Crippen LogP contribution in [0.3, 0.4) is 0 Å². The third-order valence-electron chi connectivity index (χ3n) is 6.13. The molecule has 0 aliphatic heterocycles. The van der Waals surface area contributed by atoms with Crippen LogP contribution in [0.4, 0.5) is 4.79 Å². The number of aryl methyl sites for hydroxylation is 1. The summed E-state index contributed by atoms with van der Waals surface area (Å²) in [6, 6.07) is 17.1. The van der Waals surface area contributed by atoms with Crippen LogP contribution in [0.1, 0.15) is 31.4 Å². The number of hydrogen-bond donors (Lipinski definition) is 3. The summed E-state index contributed by atoms with van der Waals surface area (Å²) in [5.74, 6) is -2.84. The summed E-state index contributed by atoms with van der Waals surface area (Å²) in [6.45, 7) is 4.16. The molecule has 2 amide bonds. The van der Waals surface area contributed by atoms with Gasteiger partial charge in [-0.3, -0.25) is 4.79 Å². The van der Waals surface area contributed by atoms with Crippen LogP contribution in [0.2, 0.25) is 0 Å². The summed E-state index contributed by atoms with van der Waals surface area (Å²) >= 11 is 0. The molecule has 0 spiro atoms. The van der Waals surface area contributed by atoms with Gasteiger partial charge in [0.1, 0.15) is 6.04 Å². The van der Waals surface area contributed by atoms with E-state index >= 15 is 0 Å². The first-order chi connectivity index (χ1) is 17.7. The third-order valence-corrected chi connectivity index (χ3v) is 6.13. The standard InChI is InChI=1S/C29H34N2O6/c1-20(2)17-31(18-24(27(32)33)13-8-21-6-4-3-5-7-21)29(36)30-26(28(34)35)16-22-9-11-23(12-10-22)25-14-15-37-19-25/h3-7,9-12,14-15,19-20,24,26H,8,13,16-18H2,1-2H3,(H,30,36)(H,32,33)(H,34,35)/t24?,26-/m0/s1. The molecule has 1 heterocycles. The Morgan fingerprint density at radius 1 is 0.865 bits per heavy atom. The van der Waals surface area contributed by atoms with E-state index in [2.05, 4.69) is 5.32 Å². The van der Waals surface area contributed by atoms with Gasteiger partial charge in [0.2, 0.25) is 0 Å². The Hall–Kier alpha value is -4.07. The van der Waals surface area contributed by atoms with Crippen molar-refractivity contribution >= 4 is 18.0 Å². The summed E-state index contributed by atoms with van der Waals surface area (Å²) in [7, 11) is 0. The van der Waals surface area contributed by atoms with E-state index in [-0.39, 0.29) is 18.9 Å². The van der Waals surface area contributed by atoms with Gasteiger partial charge in [-0.15, -0.1) is 0 Å². The number of furan rings is 1. The minimum absolute atomic E-state index is 0.00207. The topological polar surface area (TPSA) is 120 Å². The number of carboxylic acid groups (broad SMARTS) is 2. The summed E-state index contributed by atoms with van der Waals surface area (Å²) < 4.78 is 5.10. The van der Waals surface area contributed by atoms with Crippen LogP contribution in [-0.4, -0.2) is 52.2 Å². The molecule has 0 saturated carbocycles. The third kappa shape index (κ3) is 8.52. The Labute approximate surface area is 216 Å². The quantitative estimate of drug-likeness (QED) is 0.302. The lowest BCUT2D eigenvalue weighted by atomic mass is 9.98. The Morgan fingerprint density at radius 3 is 2.14 bits per heavy atom. The molecular formula is C29H34N2O6. The molecule has 1 aromatic heterocycles. The van der Waals surface area contributed by atoms with Crippen LogP contribution in [0.25, 0.3) is 11.1 Å². The molecule has 8 heteroatoms. The molecule has 0 saturated heterocycles. The fraction of sp³-hybridized carbons (Fsp3) is 0.345. The monoisotopic (exact) mass is 506 g/mol. The number of carbonyl (C=O) groups is 3. The molecule has 2 aromatic carbocycles. The van der Waals surface area contributed by atoms with E-state index in [9.17, 15) is 24.6 Å². The predicted octanol–water partition coefficient (Wildman–Crippen LogP) is 4.94. The molecular weight excluding hydrogens is 472 g/mol. The molecule has 2 atom stereocenters. The second-order valence-corrected chi connectivity index (χ2v) is 9.61. The lowest BCUT2D eigenvalue weighted by Gasteiger charge is -2.29. The number of benzene rings is 2. The number of aliphatic carboxylic acids is 2. The van der Waals surface area contributed by atoms with Gasteiger partial charge in [-0.1, -0.05) is 68.4 Å². The SMILES string of the molecule is CC(C)CN(CC(CCc1ccccc1)C(=O)O)C(=O)N[C@@H](Cc1ccc(-c2ccoc2)cc1)C(=O)O. The first kappa shape index (κ1) is 27.5. The van der Waals surface area contributed by atoms with Gasteiger partial charge in [0.15, 0.2) is 0 Å². The van der Waals surface area contributed by atoms with Crippen LogP contribution in [0.5, 0.6) is 0 Å². The highest BCUT2D eigenvalue weighted by molar-refractivity contribution is 5.83. The average molecular weight is 507 g/mol. The zero-order chi connectivity index (χ0) is 26.8. The van der Waals surface area contributed by atoms with Crippen LogP contribution in [-0.2, 0) is 22.4 Å². The van der Waals surface area contributed by atoms with Gasteiger partial charge in [-0.2, -0.15) is 0 Å². The Bertz CT molecular complexity index is 1140. The Morgan fingerprint density at radius 2 is 1.57 bits per heavy atom. The van der Waals surface area contributed by atoms with Crippen molar-refractivity contribution in [3.05, 3.63) is 84.3 Å². The highest BCUT2D eigenvalue weighted by Crippen LogP contribution is 2.21. The van der Waals surface area contributed by atoms with Gasteiger partial charge >= 0.3 is 18.0 Å². The number of amides is 2. The van der Waals surface area contributed by atoms with E-state index < -0.39 is 29.9 Å². The van der Waals surface area contributed by atoms with Gasteiger partial charge in [0.05, 0.1) is 18.4 Å². The van der Waals surface area contributed by atoms with Crippen LogP contribution >= 0.6 is 0 Å². The molecule has 3 aromatic rings. The van der Waals surface area contributed by atoms with Gasteiger partial charge in [0.25, 0.3) is 0 Å². The number of carboxylic acids is 2. The number of nitrogens with zero attached hydrogens (tertiary/aromatic N) is 1. The van der Waals surface area contributed by atoms with Crippen molar-refractivity contribution in [1.29, 1.82) is 0 Å². The molecule has 3 rings (SSSR count). The van der Waals surface area contributed by atoms with E-state index in [0.717, 1.165) is 22.3 Å².